The Hall–Kier alpha value is -2.41. The fraction of sp³-hybridized carbons (Fsp3) is 0.0625. The second-order valence-electron chi connectivity index (χ2n) is 5.08. The van der Waals surface area contributed by atoms with E-state index in [0.717, 1.165) is 10.2 Å². The molecule has 0 atom stereocenters. The van der Waals surface area contributed by atoms with Crippen molar-refractivity contribution in [2.24, 2.45) is 0 Å². The van der Waals surface area contributed by atoms with Gasteiger partial charge in [-0.1, -0.05) is 18.2 Å². The zero-order chi connectivity index (χ0) is 15.5. The SMILES string of the molecule is O=C1c2ccc(-c3nc4ccccc4s3)cc2C(=O)C1(O)O. The molecule has 0 unspecified atom stereocenters. The Morgan fingerprint density at radius 2 is 1.68 bits per heavy atom. The third kappa shape index (κ3) is 1.69. The van der Waals surface area contributed by atoms with Crippen LogP contribution in [0.2, 0.25) is 0 Å². The van der Waals surface area contributed by atoms with Crippen LogP contribution in [0.4, 0.5) is 0 Å². The maximum Gasteiger partial charge on any atom is 0.295 e. The number of benzene rings is 2. The molecule has 5 nitrogen and oxygen atoms in total. The van der Waals surface area contributed by atoms with Crippen LogP contribution in [0.5, 0.6) is 0 Å². The molecule has 108 valence electrons. The number of carbonyl (C=O) groups excluding carboxylic acids is 2. The zero-order valence-corrected chi connectivity index (χ0v) is 11.9. The molecule has 2 N–H and O–H groups in total. The highest BCUT2D eigenvalue weighted by atomic mass is 32.1. The third-order valence-corrected chi connectivity index (χ3v) is 4.77. The Balaban J connectivity index is 1.88. The van der Waals surface area contributed by atoms with Crippen LogP contribution in [0.25, 0.3) is 20.8 Å². The molecular formula is C16H9NO4S. The van der Waals surface area contributed by atoms with Crippen LogP contribution in [0, 0.1) is 0 Å². The second kappa shape index (κ2) is 4.30. The second-order valence-corrected chi connectivity index (χ2v) is 6.11. The fourth-order valence-corrected chi connectivity index (χ4v) is 3.50. The molecular weight excluding hydrogens is 302 g/mol. The summed E-state index contributed by atoms with van der Waals surface area (Å²) in [5.41, 5.74) is 1.56. The molecule has 3 aromatic rings. The van der Waals surface area contributed by atoms with Crippen LogP contribution in [0.3, 0.4) is 0 Å². The lowest BCUT2D eigenvalue weighted by Gasteiger charge is -2.08. The normalized spacial score (nSPS) is 16.3. The molecule has 0 saturated heterocycles. The van der Waals surface area contributed by atoms with Gasteiger partial charge in [-0.05, 0) is 24.3 Å². The van der Waals surface area contributed by atoms with Crippen molar-refractivity contribution in [3.8, 4) is 10.6 Å². The Morgan fingerprint density at radius 1 is 0.955 bits per heavy atom. The molecule has 1 aliphatic rings. The van der Waals surface area contributed by atoms with Gasteiger partial charge in [0, 0.05) is 16.7 Å². The Morgan fingerprint density at radius 3 is 2.45 bits per heavy atom. The molecule has 0 saturated carbocycles. The molecule has 0 bridgehead atoms. The van der Waals surface area contributed by atoms with E-state index in [0.29, 0.717) is 10.6 Å². The average Bonchev–Trinajstić information content (AvgIpc) is 3.02. The number of fused-ring (bicyclic) bond motifs is 2. The Bertz CT molecular complexity index is 925. The van der Waals surface area contributed by atoms with Crippen molar-refractivity contribution in [1.29, 1.82) is 0 Å². The van der Waals surface area contributed by atoms with E-state index in [1.807, 2.05) is 24.3 Å². The predicted octanol–water partition coefficient (Wildman–Crippen LogP) is 2.02. The van der Waals surface area contributed by atoms with Crippen LogP contribution < -0.4 is 0 Å². The summed E-state index contributed by atoms with van der Waals surface area (Å²) in [6.07, 6.45) is 0. The number of aliphatic hydroxyl groups is 2. The van der Waals surface area contributed by atoms with E-state index in [9.17, 15) is 19.8 Å². The van der Waals surface area contributed by atoms with Crippen LogP contribution in [0.15, 0.2) is 42.5 Å². The van der Waals surface area contributed by atoms with E-state index in [-0.39, 0.29) is 11.1 Å². The summed E-state index contributed by atoms with van der Waals surface area (Å²) in [5.74, 6) is -4.92. The van der Waals surface area contributed by atoms with Gasteiger partial charge in [-0.2, -0.15) is 0 Å². The summed E-state index contributed by atoms with van der Waals surface area (Å²) >= 11 is 1.47. The highest BCUT2D eigenvalue weighted by Gasteiger charge is 2.50. The van der Waals surface area contributed by atoms with Gasteiger partial charge < -0.3 is 10.2 Å². The molecule has 22 heavy (non-hydrogen) atoms. The number of thiazole rings is 1. The Labute approximate surface area is 128 Å². The number of aromatic nitrogens is 1. The maximum atomic E-state index is 11.9. The summed E-state index contributed by atoms with van der Waals surface area (Å²) in [5, 5.41) is 19.9. The number of ketones is 2. The number of hydrogen-bond acceptors (Lipinski definition) is 6. The van der Waals surface area contributed by atoms with Gasteiger partial charge in [-0.25, -0.2) is 4.98 Å². The quantitative estimate of drug-likeness (QED) is 0.530. The van der Waals surface area contributed by atoms with Crippen molar-refractivity contribution in [1.82, 2.24) is 4.98 Å². The number of rotatable bonds is 1. The first kappa shape index (κ1) is 13.3. The lowest BCUT2D eigenvalue weighted by Crippen LogP contribution is -2.40. The van der Waals surface area contributed by atoms with Crippen molar-refractivity contribution in [3.63, 3.8) is 0 Å². The minimum atomic E-state index is -2.95. The standard InChI is InChI=1S/C16H9NO4S/c18-13-9-6-5-8(7-10(9)14(19)16(13,20)21)15-17-11-3-1-2-4-12(11)22-15/h1-7,20-21H. The van der Waals surface area contributed by atoms with E-state index in [4.69, 9.17) is 0 Å². The molecule has 4 rings (SSSR count). The van der Waals surface area contributed by atoms with Gasteiger partial charge in [0.1, 0.15) is 5.01 Å². The monoisotopic (exact) mass is 311 g/mol. The highest BCUT2D eigenvalue weighted by molar-refractivity contribution is 7.21. The summed E-state index contributed by atoms with van der Waals surface area (Å²) in [6, 6.07) is 12.2. The topological polar surface area (TPSA) is 87.5 Å². The number of carbonyl (C=O) groups is 2. The van der Waals surface area contributed by atoms with Crippen molar-refractivity contribution in [3.05, 3.63) is 53.6 Å². The average molecular weight is 311 g/mol. The molecule has 0 fully saturated rings. The van der Waals surface area contributed by atoms with Gasteiger partial charge in [0.2, 0.25) is 11.6 Å². The lowest BCUT2D eigenvalue weighted by molar-refractivity contribution is -0.0857. The molecule has 1 aromatic heterocycles. The maximum absolute atomic E-state index is 11.9. The van der Waals surface area contributed by atoms with Gasteiger partial charge >= 0.3 is 0 Å². The van der Waals surface area contributed by atoms with Crippen LogP contribution in [-0.2, 0) is 0 Å². The molecule has 0 amide bonds. The molecule has 0 aliphatic heterocycles. The summed E-state index contributed by atoms with van der Waals surface area (Å²) in [4.78, 5) is 28.2. The summed E-state index contributed by atoms with van der Waals surface area (Å²) in [6.45, 7) is 0. The highest BCUT2D eigenvalue weighted by Crippen LogP contribution is 2.35. The lowest BCUT2D eigenvalue weighted by atomic mass is 10.1. The van der Waals surface area contributed by atoms with Gasteiger partial charge in [-0.3, -0.25) is 9.59 Å². The van der Waals surface area contributed by atoms with Gasteiger partial charge in [0.25, 0.3) is 5.79 Å². The predicted molar refractivity (Wildman–Crippen MR) is 80.9 cm³/mol. The number of hydrogen-bond donors (Lipinski definition) is 2. The van der Waals surface area contributed by atoms with E-state index < -0.39 is 17.4 Å². The first-order valence-corrected chi connectivity index (χ1v) is 7.34. The molecule has 2 aromatic carbocycles. The third-order valence-electron chi connectivity index (χ3n) is 3.68. The van der Waals surface area contributed by atoms with Gasteiger partial charge in [0.15, 0.2) is 0 Å². The molecule has 0 radical (unpaired) electrons. The van der Waals surface area contributed by atoms with E-state index in [1.165, 1.54) is 23.5 Å². The van der Waals surface area contributed by atoms with Crippen LogP contribution in [-0.4, -0.2) is 32.6 Å². The molecule has 0 spiro atoms. The minimum absolute atomic E-state index is 0.0201. The van der Waals surface area contributed by atoms with Gasteiger partial charge in [0.05, 0.1) is 10.2 Å². The van der Waals surface area contributed by atoms with Crippen molar-refractivity contribution >= 4 is 33.1 Å². The summed E-state index contributed by atoms with van der Waals surface area (Å²) < 4.78 is 1.01. The molecule has 6 heteroatoms. The minimum Gasteiger partial charge on any atom is -0.353 e. The van der Waals surface area contributed by atoms with Crippen molar-refractivity contribution in [2.45, 2.75) is 5.79 Å². The summed E-state index contributed by atoms with van der Waals surface area (Å²) in [7, 11) is 0. The van der Waals surface area contributed by atoms with Crippen molar-refractivity contribution in [2.75, 3.05) is 0 Å². The van der Waals surface area contributed by atoms with E-state index >= 15 is 0 Å². The Kier molecular flexibility index (Phi) is 2.59. The zero-order valence-electron chi connectivity index (χ0n) is 11.1. The fourth-order valence-electron chi connectivity index (χ4n) is 2.54. The molecule has 1 heterocycles. The first-order valence-electron chi connectivity index (χ1n) is 6.53. The van der Waals surface area contributed by atoms with E-state index in [2.05, 4.69) is 4.98 Å². The largest absolute Gasteiger partial charge is 0.353 e. The molecule has 1 aliphatic carbocycles. The number of Topliss-reactive ketones (excluding diaryl/α,β-unsaturated/α-hetero) is 2. The van der Waals surface area contributed by atoms with Crippen LogP contribution >= 0.6 is 11.3 Å². The number of para-hydroxylation sites is 1. The van der Waals surface area contributed by atoms with Crippen LogP contribution in [0.1, 0.15) is 20.7 Å². The number of nitrogens with zero attached hydrogens (tertiary/aromatic N) is 1. The smallest absolute Gasteiger partial charge is 0.295 e. The van der Waals surface area contributed by atoms with Crippen molar-refractivity contribution < 1.29 is 19.8 Å². The van der Waals surface area contributed by atoms with E-state index in [1.54, 1.807) is 6.07 Å². The first-order chi connectivity index (χ1) is 10.5. The van der Waals surface area contributed by atoms with Gasteiger partial charge in [-0.15, -0.1) is 11.3 Å².